The maximum absolute atomic E-state index is 13.9. The van der Waals surface area contributed by atoms with Crippen LogP contribution in [0.3, 0.4) is 0 Å². The van der Waals surface area contributed by atoms with Gasteiger partial charge in [-0.15, -0.1) is 0 Å². The van der Waals surface area contributed by atoms with Gasteiger partial charge in [0.05, 0.1) is 22.9 Å². The topological polar surface area (TPSA) is 53.4 Å². The number of pyridine rings is 2. The minimum absolute atomic E-state index is 0.133. The summed E-state index contributed by atoms with van der Waals surface area (Å²) in [6.45, 7) is 0.384. The number of fused-ring (bicyclic) bond motifs is 7. The normalized spacial score (nSPS) is 16.6. The zero-order valence-corrected chi connectivity index (χ0v) is 17.3. The van der Waals surface area contributed by atoms with E-state index < -0.39 is 0 Å². The molecule has 2 aromatic heterocycles. The fourth-order valence-corrected chi connectivity index (χ4v) is 4.69. The maximum Gasteiger partial charge on any atom is 0.264 e. The van der Waals surface area contributed by atoms with Crippen LogP contribution >= 0.6 is 15.9 Å². The minimum Gasteiger partial charge on any atom is -0.489 e. The summed E-state index contributed by atoms with van der Waals surface area (Å²) in [4.78, 5) is 18.5. The number of rotatable bonds is 1. The Kier molecular flexibility index (Phi) is 3.83. The van der Waals surface area contributed by atoms with Gasteiger partial charge in [-0.1, -0.05) is 34.1 Å². The molecule has 5 nitrogen and oxygen atoms in total. The van der Waals surface area contributed by atoms with Crippen LogP contribution in [0.5, 0.6) is 11.5 Å². The third-order valence-corrected chi connectivity index (χ3v) is 6.09. The van der Waals surface area contributed by atoms with E-state index in [4.69, 9.17) is 9.47 Å². The molecule has 0 aliphatic carbocycles. The molecule has 0 N–H and O–H groups in total. The van der Waals surface area contributed by atoms with Gasteiger partial charge in [0, 0.05) is 27.7 Å². The molecule has 2 aromatic carbocycles. The van der Waals surface area contributed by atoms with Gasteiger partial charge < -0.3 is 9.47 Å². The van der Waals surface area contributed by atoms with Crippen LogP contribution in [0.2, 0.25) is 0 Å². The summed E-state index contributed by atoms with van der Waals surface area (Å²) < 4.78 is 14.5. The first-order valence-corrected chi connectivity index (χ1v) is 10.4. The summed E-state index contributed by atoms with van der Waals surface area (Å²) in [5, 5.41) is 0.800. The molecule has 1 atom stereocenters. The predicted molar refractivity (Wildman–Crippen MR) is 118 cm³/mol. The first-order valence-electron chi connectivity index (χ1n) is 9.59. The third kappa shape index (κ3) is 2.47. The van der Waals surface area contributed by atoms with Crippen LogP contribution in [0.15, 0.2) is 88.0 Å². The van der Waals surface area contributed by atoms with Gasteiger partial charge >= 0.3 is 0 Å². The molecule has 4 heterocycles. The van der Waals surface area contributed by atoms with Crippen LogP contribution in [0, 0.1) is 0 Å². The number of aromatic nitrogens is 2. The molecule has 6 heteroatoms. The first-order chi connectivity index (χ1) is 14.7. The van der Waals surface area contributed by atoms with Gasteiger partial charge in [-0.2, -0.15) is 0 Å². The second-order valence-corrected chi connectivity index (χ2v) is 8.22. The van der Waals surface area contributed by atoms with Crippen LogP contribution in [0.25, 0.3) is 16.7 Å². The standard InChI is InChI=1S/C24H15BrN2O3/c25-15-8-9-19-18(11-15)20-14(12-29-19)13-30-22-17-7-4-10-26-23(17)27(24(28)21(20)22)16-5-2-1-3-6-16/h1-11,13,20H,12H2. The van der Waals surface area contributed by atoms with E-state index in [1.807, 2.05) is 60.7 Å². The van der Waals surface area contributed by atoms with Gasteiger partial charge in [-0.25, -0.2) is 4.98 Å². The van der Waals surface area contributed by atoms with Gasteiger partial charge in [-0.05, 0) is 42.5 Å². The van der Waals surface area contributed by atoms with E-state index in [-0.39, 0.29) is 11.5 Å². The monoisotopic (exact) mass is 458 g/mol. The van der Waals surface area contributed by atoms with Crippen molar-refractivity contribution in [3.05, 3.63) is 105 Å². The highest BCUT2D eigenvalue weighted by atomic mass is 79.9. The highest BCUT2D eigenvalue weighted by Gasteiger charge is 2.37. The maximum atomic E-state index is 13.9. The Hall–Kier alpha value is -3.38. The molecule has 0 radical (unpaired) electrons. The second kappa shape index (κ2) is 6.57. The second-order valence-electron chi connectivity index (χ2n) is 7.31. The molecular weight excluding hydrogens is 444 g/mol. The lowest BCUT2D eigenvalue weighted by Gasteiger charge is -2.33. The number of para-hydroxylation sites is 1. The number of ether oxygens (including phenoxy) is 2. The van der Waals surface area contributed by atoms with E-state index >= 15 is 0 Å². The zero-order chi connectivity index (χ0) is 20.2. The lowest BCUT2D eigenvalue weighted by Crippen LogP contribution is -2.32. The Morgan fingerprint density at radius 2 is 1.93 bits per heavy atom. The highest BCUT2D eigenvalue weighted by Crippen LogP contribution is 2.47. The fourth-order valence-electron chi connectivity index (χ4n) is 4.31. The predicted octanol–water partition coefficient (Wildman–Crippen LogP) is 4.95. The van der Waals surface area contributed by atoms with Crippen molar-refractivity contribution in [2.24, 2.45) is 0 Å². The average molecular weight is 459 g/mol. The first kappa shape index (κ1) is 17.5. The molecular formula is C24H15BrN2O3. The minimum atomic E-state index is -0.234. The number of hydrogen-bond acceptors (Lipinski definition) is 4. The summed E-state index contributed by atoms with van der Waals surface area (Å²) in [5.74, 6) is 1.11. The number of benzene rings is 2. The summed E-state index contributed by atoms with van der Waals surface area (Å²) in [6, 6.07) is 19.3. The molecule has 0 amide bonds. The molecule has 30 heavy (non-hydrogen) atoms. The van der Waals surface area contributed by atoms with Gasteiger partial charge in [0.25, 0.3) is 5.56 Å². The zero-order valence-electron chi connectivity index (χ0n) is 15.7. The number of nitrogens with zero attached hydrogens (tertiary/aromatic N) is 2. The molecule has 2 aliphatic rings. The largest absolute Gasteiger partial charge is 0.489 e. The molecule has 0 bridgehead atoms. The van der Waals surface area contributed by atoms with Crippen molar-refractivity contribution in [3.8, 4) is 17.2 Å². The van der Waals surface area contributed by atoms with Crippen molar-refractivity contribution < 1.29 is 9.47 Å². The molecule has 146 valence electrons. The van der Waals surface area contributed by atoms with Crippen LogP contribution < -0.4 is 15.0 Å². The molecule has 0 spiro atoms. The van der Waals surface area contributed by atoms with E-state index in [1.165, 1.54) is 0 Å². The molecule has 0 saturated heterocycles. The van der Waals surface area contributed by atoms with Crippen molar-refractivity contribution >= 4 is 27.0 Å². The van der Waals surface area contributed by atoms with E-state index in [1.54, 1.807) is 17.0 Å². The summed E-state index contributed by atoms with van der Waals surface area (Å²) >= 11 is 3.56. The molecule has 2 aliphatic heterocycles. The van der Waals surface area contributed by atoms with E-state index in [9.17, 15) is 4.79 Å². The van der Waals surface area contributed by atoms with Crippen molar-refractivity contribution in [1.29, 1.82) is 0 Å². The summed E-state index contributed by atoms with van der Waals surface area (Å²) in [6.07, 6.45) is 3.41. The van der Waals surface area contributed by atoms with E-state index in [2.05, 4.69) is 20.9 Å². The lowest BCUT2D eigenvalue weighted by molar-refractivity contribution is 0.308. The van der Waals surface area contributed by atoms with Crippen LogP contribution in [0.4, 0.5) is 0 Å². The van der Waals surface area contributed by atoms with Crippen LogP contribution in [0.1, 0.15) is 17.0 Å². The Balaban J connectivity index is 1.74. The van der Waals surface area contributed by atoms with Crippen molar-refractivity contribution in [1.82, 2.24) is 9.55 Å². The van der Waals surface area contributed by atoms with E-state index in [0.29, 0.717) is 23.6 Å². The van der Waals surface area contributed by atoms with Crippen molar-refractivity contribution in [3.63, 3.8) is 0 Å². The van der Waals surface area contributed by atoms with Crippen LogP contribution in [-0.2, 0) is 0 Å². The third-order valence-electron chi connectivity index (χ3n) is 5.60. The molecule has 1 unspecified atom stereocenters. The van der Waals surface area contributed by atoms with Gasteiger partial charge in [0.15, 0.2) is 5.65 Å². The molecule has 4 aromatic rings. The Morgan fingerprint density at radius 1 is 1.07 bits per heavy atom. The Labute approximate surface area is 180 Å². The molecule has 0 fully saturated rings. The van der Waals surface area contributed by atoms with Gasteiger partial charge in [0.1, 0.15) is 18.1 Å². The summed E-state index contributed by atoms with van der Waals surface area (Å²) in [5.41, 5.74) is 3.70. The fraction of sp³-hybridized carbons (Fsp3) is 0.0833. The molecule has 0 saturated carbocycles. The SMILES string of the molecule is O=c1c2c(c3cccnc3n1-c1ccccc1)OC=C1COc3ccc(Br)cc3C12. The Bertz CT molecular complexity index is 1410. The molecule has 6 rings (SSSR count). The lowest BCUT2D eigenvalue weighted by atomic mass is 9.82. The van der Waals surface area contributed by atoms with Gasteiger partial charge in [0.2, 0.25) is 0 Å². The van der Waals surface area contributed by atoms with Crippen molar-refractivity contribution in [2.45, 2.75) is 5.92 Å². The number of hydrogen-bond donors (Lipinski definition) is 0. The van der Waals surface area contributed by atoms with Crippen LogP contribution in [-0.4, -0.2) is 16.2 Å². The van der Waals surface area contributed by atoms with Crippen molar-refractivity contribution in [2.75, 3.05) is 6.61 Å². The average Bonchev–Trinajstić information content (AvgIpc) is 2.79. The van der Waals surface area contributed by atoms with E-state index in [0.717, 1.165) is 32.4 Å². The quantitative estimate of drug-likeness (QED) is 0.404. The summed E-state index contributed by atoms with van der Waals surface area (Å²) in [7, 11) is 0. The Morgan fingerprint density at radius 3 is 2.80 bits per heavy atom. The highest BCUT2D eigenvalue weighted by molar-refractivity contribution is 9.10. The smallest absolute Gasteiger partial charge is 0.264 e. The van der Waals surface area contributed by atoms with Gasteiger partial charge in [-0.3, -0.25) is 9.36 Å². The number of halogens is 1.